The zero-order chi connectivity index (χ0) is 25.7. The Bertz CT molecular complexity index is 1500. The van der Waals surface area contributed by atoms with Crippen LogP contribution in [0.3, 0.4) is 0 Å². The maximum atomic E-state index is 12.6. The highest BCUT2D eigenvalue weighted by molar-refractivity contribution is 6.01. The third kappa shape index (κ3) is 4.04. The van der Waals surface area contributed by atoms with Gasteiger partial charge in [0.25, 0.3) is 0 Å². The molecule has 2 aromatic heterocycles. The van der Waals surface area contributed by atoms with Gasteiger partial charge in [0.2, 0.25) is 0 Å². The molecule has 2 saturated carbocycles. The van der Waals surface area contributed by atoms with Gasteiger partial charge in [-0.05, 0) is 61.4 Å². The normalized spacial score (nSPS) is 15.8. The Morgan fingerprint density at radius 2 is 1.59 bits per heavy atom. The van der Waals surface area contributed by atoms with Crippen LogP contribution in [0, 0.1) is 6.92 Å². The van der Waals surface area contributed by atoms with Crippen LogP contribution >= 0.6 is 0 Å². The Morgan fingerprint density at radius 3 is 2.16 bits per heavy atom. The molecule has 0 spiro atoms. The number of pyridine rings is 1. The maximum absolute atomic E-state index is 12.6. The first-order valence-corrected chi connectivity index (χ1v) is 12.3. The Labute approximate surface area is 213 Å². The van der Waals surface area contributed by atoms with E-state index < -0.39 is 17.4 Å². The molecule has 2 fully saturated rings. The summed E-state index contributed by atoms with van der Waals surface area (Å²) in [5.74, 6) is 0.533. The summed E-state index contributed by atoms with van der Waals surface area (Å²) in [5.41, 5.74) is 10.6. The van der Waals surface area contributed by atoms with E-state index in [1.807, 2.05) is 60.7 Å². The number of benzene rings is 2. The van der Waals surface area contributed by atoms with Gasteiger partial charge in [-0.15, -0.1) is 0 Å². The maximum Gasteiger partial charge on any atom is 0.325 e. The van der Waals surface area contributed by atoms with Crippen molar-refractivity contribution in [2.24, 2.45) is 5.73 Å². The number of amides is 2. The van der Waals surface area contributed by atoms with Gasteiger partial charge in [-0.1, -0.05) is 59.8 Å². The number of carbonyl (C=O) groups is 2. The molecule has 8 nitrogen and oxygen atoms in total. The van der Waals surface area contributed by atoms with Crippen LogP contribution in [0.5, 0.6) is 0 Å². The summed E-state index contributed by atoms with van der Waals surface area (Å²) >= 11 is 0. The average Bonchev–Trinajstić information content (AvgIpc) is 3.83. The summed E-state index contributed by atoms with van der Waals surface area (Å²) in [5, 5.41) is 13.7. The van der Waals surface area contributed by atoms with E-state index in [0.717, 1.165) is 40.8 Å². The quantitative estimate of drug-likeness (QED) is 0.329. The molecule has 186 valence electrons. The number of hydrogen-bond acceptors (Lipinski definition) is 5. The highest BCUT2D eigenvalue weighted by Crippen LogP contribution is 2.48. The lowest BCUT2D eigenvalue weighted by Gasteiger charge is -2.20. The number of primary amides is 1. The Hall–Kier alpha value is -4.46. The third-order valence-electron chi connectivity index (χ3n) is 7.33. The lowest BCUT2D eigenvalue weighted by atomic mass is 9.93. The van der Waals surface area contributed by atoms with Crippen LogP contribution in [-0.4, -0.2) is 27.2 Å². The van der Waals surface area contributed by atoms with Gasteiger partial charge >= 0.3 is 12.0 Å². The Morgan fingerprint density at radius 1 is 0.973 bits per heavy atom. The van der Waals surface area contributed by atoms with Gasteiger partial charge < -0.3 is 15.4 Å². The number of urea groups is 1. The molecule has 2 aliphatic rings. The minimum atomic E-state index is -0.762. The molecular weight excluding hydrogens is 468 g/mol. The second kappa shape index (κ2) is 8.58. The molecule has 37 heavy (non-hydrogen) atoms. The number of rotatable bonds is 7. The number of carbonyl (C=O) groups excluding carboxylic acids is 1. The molecular formula is C29H26N4O4. The number of aromatic nitrogens is 2. The zero-order valence-corrected chi connectivity index (χ0v) is 20.3. The Kier molecular flexibility index (Phi) is 5.33. The fourth-order valence-electron chi connectivity index (χ4n) is 4.87. The standard InChI is InChI=1S/C29H26N4O4/c1-17-25(33(28(30)36)24-4-2-3-23(31-24)20-7-8-20)26(37-32-17)21-9-5-18(6-10-21)19-11-13-22(14-12-19)29(15-16-29)27(34)35/h2-6,9-14,20H,7-8,15-16H2,1H3,(H2,30,36)(H,34,35). The van der Waals surface area contributed by atoms with Crippen LogP contribution in [0.4, 0.5) is 16.3 Å². The van der Waals surface area contributed by atoms with Crippen molar-refractivity contribution in [2.45, 2.75) is 43.9 Å². The van der Waals surface area contributed by atoms with Crippen molar-refractivity contribution in [3.8, 4) is 22.5 Å². The number of nitrogens with zero attached hydrogens (tertiary/aromatic N) is 3. The van der Waals surface area contributed by atoms with Gasteiger partial charge in [-0.25, -0.2) is 14.7 Å². The summed E-state index contributed by atoms with van der Waals surface area (Å²) in [4.78, 5) is 30.3. The first kappa shape index (κ1) is 23.0. The summed E-state index contributed by atoms with van der Waals surface area (Å²) in [6.45, 7) is 1.77. The monoisotopic (exact) mass is 494 g/mol. The van der Waals surface area contributed by atoms with Gasteiger partial charge in [0.05, 0.1) is 5.41 Å². The molecule has 2 aliphatic carbocycles. The van der Waals surface area contributed by atoms with Gasteiger partial charge in [0.15, 0.2) is 5.76 Å². The van der Waals surface area contributed by atoms with Crippen molar-refractivity contribution in [2.75, 3.05) is 4.90 Å². The fraction of sp³-hybridized carbons (Fsp3) is 0.241. The number of nitrogens with two attached hydrogens (primary N) is 1. The summed E-state index contributed by atoms with van der Waals surface area (Å²) in [7, 11) is 0. The number of hydrogen-bond donors (Lipinski definition) is 2. The second-order valence-electron chi connectivity index (χ2n) is 9.86. The van der Waals surface area contributed by atoms with Crippen LogP contribution in [0.2, 0.25) is 0 Å². The van der Waals surface area contributed by atoms with E-state index in [4.69, 9.17) is 15.2 Å². The minimum Gasteiger partial charge on any atom is -0.481 e. The lowest BCUT2D eigenvalue weighted by Crippen LogP contribution is -2.32. The zero-order valence-electron chi connectivity index (χ0n) is 20.3. The van der Waals surface area contributed by atoms with Gasteiger partial charge in [0, 0.05) is 17.2 Å². The largest absolute Gasteiger partial charge is 0.481 e. The average molecular weight is 495 g/mol. The molecule has 0 saturated heterocycles. The van der Waals surface area contributed by atoms with Crippen molar-refractivity contribution in [1.82, 2.24) is 10.1 Å². The van der Waals surface area contributed by atoms with Crippen LogP contribution in [0.1, 0.15) is 48.6 Å². The van der Waals surface area contributed by atoms with Crippen molar-refractivity contribution >= 4 is 23.5 Å². The second-order valence-corrected chi connectivity index (χ2v) is 9.86. The van der Waals surface area contributed by atoms with Crippen LogP contribution in [0.15, 0.2) is 71.3 Å². The first-order chi connectivity index (χ1) is 17.9. The first-order valence-electron chi connectivity index (χ1n) is 12.3. The molecule has 6 rings (SSSR count). The SMILES string of the molecule is Cc1noc(-c2ccc(-c3ccc(C4(C(=O)O)CC4)cc3)cc2)c1N(C(N)=O)c1cccc(C2CC2)n1. The third-order valence-corrected chi connectivity index (χ3v) is 7.33. The minimum absolute atomic E-state index is 0.425. The van der Waals surface area contributed by atoms with E-state index in [-0.39, 0.29) is 0 Å². The van der Waals surface area contributed by atoms with Gasteiger partial charge in [0.1, 0.15) is 17.2 Å². The summed E-state index contributed by atoms with van der Waals surface area (Å²) in [6.07, 6.45) is 3.55. The molecule has 0 aliphatic heterocycles. The predicted octanol–water partition coefficient (Wildman–Crippen LogP) is 5.92. The van der Waals surface area contributed by atoms with E-state index in [9.17, 15) is 14.7 Å². The molecule has 8 heteroatoms. The topological polar surface area (TPSA) is 123 Å². The smallest absolute Gasteiger partial charge is 0.325 e. The fourth-order valence-corrected chi connectivity index (χ4v) is 4.87. The van der Waals surface area contributed by atoms with Gasteiger partial charge in [-0.2, -0.15) is 0 Å². The Balaban J connectivity index is 1.31. The number of aliphatic carboxylic acids is 1. The number of carboxylic acid groups (broad SMARTS) is 1. The van der Waals surface area contributed by atoms with Crippen molar-refractivity contribution in [1.29, 1.82) is 0 Å². The molecule has 2 heterocycles. The highest BCUT2D eigenvalue weighted by atomic mass is 16.5. The van der Waals surface area contributed by atoms with E-state index in [2.05, 4.69) is 5.16 Å². The molecule has 0 radical (unpaired) electrons. The molecule has 2 amide bonds. The molecule has 0 atom stereocenters. The highest BCUT2D eigenvalue weighted by Gasteiger charge is 2.51. The predicted molar refractivity (Wildman–Crippen MR) is 139 cm³/mol. The lowest BCUT2D eigenvalue weighted by molar-refractivity contribution is -0.140. The van der Waals surface area contributed by atoms with Gasteiger partial charge in [-0.3, -0.25) is 4.79 Å². The number of carboxylic acids is 1. The molecule has 0 unspecified atom stereocenters. The van der Waals surface area contributed by atoms with E-state index in [0.29, 0.717) is 41.7 Å². The molecule has 2 aromatic carbocycles. The van der Waals surface area contributed by atoms with Crippen molar-refractivity contribution in [3.05, 3.63) is 83.7 Å². The summed E-state index contributed by atoms with van der Waals surface area (Å²) in [6, 6.07) is 20.4. The van der Waals surface area contributed by atoms with E-state index in [1.54, 1.807) is 13.0 Å². The van der Waals surface area contributed by atoms with Crippen LogP contribution in [-0.2, 0) is 10.2 Å². The van der Waals surface area contributed by atoms with Crippen molar-refractivity contribution < 1.29 is 19.2 Å². The summed E-state index contributed by atoms with van der Waals surface area (Å²) < 4.78 is 5.67. The number of anilines is 2. The van der Waals surface area contributed by atoms with Crippen LogP contribution < -0.4 is 10.6 Å². The van der Waals surface area contributed by atoms with E-state index in [1.165, 1.54) is 4.90 Å². The van der Waals surface area contributed by atoms with Crippen LogP contribution in [0.25, 0.3) is 22.5 Å². The molecule has 0 bridgehead atoms. The molecule has 3 N–H and O–H groups in total. The molecule has 4 aromatic rings. The number of aryl methyl sites for hydroxylation is 1. The van der Waals surface area contributed by atoms with E-state index >= 15 is 0 Å². The van der Waals surface area contributed by atoms with Crippen molar-refractivity contribution in [3.63, 3.8) is 0 Å².